The average Bonchev–Trinajstić information content (AvgIpc) is 2.29. The molecule has 0 aliphatic heterocycles. The van der Waals surface area contributed by atoms with Crippen molar-refractivity contribution in [3.63, 3.8) is 0 Å². The van der Waals surface area contributed by atoms with Gasteiger partial charge in [0.25, 0.3) is 5.91 Å². The number of carbonyl (C=O) groups is 1. The Morgan fingerprint density at radius 1 is 1.50 bits per heavy atom. The molecule has 0 aromatic heterocycles. The van der Waals surface area contributed by atoms with Crippen LogP contribution in [-0.4, -0.2) is 31.0 Å². The third kappa shape index (κ3) is 3.90. The summed E-state index contributed by atoms with van der Waals surface area (Å²) in [5.74, 6) is -0.591. The number of benzene rings is 1. The second-order valence-electron chi connectivity index (χ2n) is 3.29. The van der Waals surface area contributed by atoms with Crippen LogP contribution < -0.4 is 5.32 Å². The van der Waals surface area contributed by atoms with Crippen LogP contribution in [-0.2, 0) is 4.74 Å². The van der Waals surface area contributed by atoms with Gasteiger partial charge in [0, 0.05) is 18.0 Å². The molecule has 16 heavy (non-hydrogen) atoms. The summed E-state index contributed by atoms with van der Waals surface area (Å²) in [7, 11) is 1.57. The Hall–Kier alpha value is -0.940. The van der Waals surface area contributed by atoms with Crippen LogP contribution in [0.5, 0.6) is 0 Å². The largest absolute Gasteiger partial charge is 0.383 e. The van der Waals surface area contributed by atoms with E-state index in [0.717, 1.165) is 0 Å². The van der Waals surface area contributed by atoms with Crippen molar-refractivity contribution in [3.8, 4) is 0 Å². The van der Waals surface area contributed by atoms with Crippen molar-refractivity contribution in [3.05, 3.63) is 35.6 Å². The fourth-order valence-corrected chi connectivity index (χ4v) is 1.54. The summed E-state index contributed by atoms with van der Waals surface area (Å²) in [6, 6.07) is 5.32. The quantitative estimate of drug-likeness (QED) is 0.842. The molecule has 0 bridgehead atoms. The molecule has 1 N–H and O–H groups in total. The molecular weight excluding hydrogens is 277 g/mol. The Labute approximate surface area is 102 Å². The zero-order chi connectivity index (χ0) is 12.0. The standard InChI is InChI=1S/C11H13BrFNO2/c1-16-7-10(6-12)14-11(15)8-2-4-9(13)5-3-8/h2-5,10H,6-7H2,1H3,(H,14,15). The van der Waals surface area contributed by atoms with Gasteiger partial charge in [-0.1, -0.05) is 15.9 Å². The number of carbonyl (C=O) groups excluding carboxylic acids is 1. The predicted molar refractivity (Wildman–Crippen MR) is 63.3 cm³/mol. The number of nitrogens with one attached hydrogen (secondary N) is 1. The minimum Gasteiger partial charge on any atom is -0.383 e. The Kier molecular flexibility index (Phi) is 5.42. The summed E-state index contributed by atoms with van der Waals surface area (Å²) in [5, 5.41) is 3.38. The van der Waals surface area contributed by atoms with Crippen molar-refractivity contribution < 1.29 is 13.9 Å². The first-order valence-electron chi connectivity index (χ1n) is 4.78. The van der Waals surface area contributed by atoms with E-state index in [1.807, 2.05) is 0 Å². The molecule has 1 atom stereocenters. The molecule has 0 heterocycles. The van der Waals surface area contributed by atoms with Gasteiger partial charge >= 0.3 is 0 Å². The molecule has 3 nitrogen and oxygen atoms in total. The number of rotatable bonds is 5. The van der Waals surface area contributed by atoms with E-state index in [0.29, 0.717) is 17.5 Å². The number of hydrogen-bond donors (Lipinski definition) is 1. The molecule has 1 unspecified atom stereocenters. The number of methoxy groups -OCH3 is 1. The highest BCUT2D eigenvalue weighted by atomic mass is 79.9. The number of halogens is 2. The van der Waals surface area contributed by atoms with Gasteiger partial charge in [-0.05, 0) is 24.3 Å². The Morgan fingerprint density at radius 2 is 2.12 bits per heavy atom. The van der Waals surface area contributed by atoms with Crippen LogP contribution in [0.3, 0.4) is 0 Å². The number of alkyl halides is 1. The van der Waals surface area contributed by atoms with Gasteiger partial charge < -0.3 is 10.1 Å². The van der Waals surface area contributed by atoms with Crippen molar-refractivity contribution in [2.24, 2.45) is 0 Å². The third-order valence-electron chi connectivity index (χ3n) is 2.00. The monoisotopic (exact) mass is 289 g/mol. The zero-order valence-electron chi connectivity index (χ0n) is 8.87. The van der Waals surface area contributed by atoms with E-state index in [1.165, 1.54) is 24.3 Å². The van der Waals surface area contributed by atoms with E-state index in [-0.39, 0.29) is 17.8 Å². The van der Waals surface area contributed by atoms with Crippen molar-refractivity contribution in [2.45, 2.75) is 6.04 Å². The summed E-state index contributed by atoms with van der Waals surface area (Å²) >= 11 is 3.27. The summed E-state index contributed by atoms with van der Waals surface area (Å²) in [6.07, 6.45) is 0. The summed E-state index contributed by atoms with van der Waals surface area (Å²) in [6.45, 7) is 0.429. The molecule has 1 amide bonds. The second kappa shape index (κ2) is 6.60. The van der Waals surface area contributed by atoms with Crippen LogP contribution in [0, 0.1) is 5.82 Å². The molecule has 1 aromatic rings. The van der Waals surface area contributed by atoms with Gasteiger partial charge in [-0.2, -0.15) is 0 Å². The molecular formula is C11H13BrFNO2. The number of amides is 1. The van der Waals surface area contributed by atoms with Gasteiger partial charge in [0.1, 0.15) is 5.82 Å². The van der Waals surface area contributed by atoms with Crippen LogP contribution in [0.15, 0.2) is 24.3 Å². The molecule has 5 heteroatoms. The van der Waals surface area contributed by atoms with Crippen LogP contribution in [0.1, 0.15) is 10.4 Å². The van der Waals surface area contributed by atoms with Crippen molar-refractivity contribution >= 4 is 21.8 Å². The first kappa shape index (κ1) is 13.1. The van der Waals surface area contributed by atoms with Gasteiger partial charge in [-0.15, -0.1) is 0 Å². The van der Waals surface area contributed by atoms with E-state index < -0.39 is 0 Å². The van der Waals surface area contributed by atoms with E-state index in [9.17, 15) is 9.18 Å². The fraction of sp³-hybridized carbons (Fsp3) is 0.364. The normalized spacial score (nSPS) is 12.2. The predicted octanol–water partition coefficient (Wildman–Crippen LogP) is 1.97. The van der Waals surface area contributed by atoms with Crippen molar-refractivity contribution in [1.29, 1.82) is 0 Å². The first-order valence-corrected chi connectivity index (χ1v) is 5.91. The van der Waals surface area contributed by atoms with Gasteiger partial charge in [0.2, 0.25) is 0 Å². The van der Waals surface area contributed by atoms with Crippen molar-refractivity contribution in [1.82, 2.24) is 5.32 Å². The van der Waals surface area contributed by atoms with Gasteiger partial charge in [-0.3, -0.25) is 4.79 Å². The Balaban J connectivity index is 2.60. The van der Waals surface area contributed by atoms with Crippen molar-refractivity contribution in [2.75, 3.05) is 19.0 Å². The van der Waals surface area contributed by atoms with Gasteiger partial charge in [0.05, 0.1) is 12.6 Å². The summed E-state index contributed by atoms with van der Waals surface area (Å²) in [5.41, 5.74) is 0.434. The second-order valence-corrected chi connectivity index (χ2v) is 3.93. The van der Waals surface area contributed by atoms with Gasteiger partial charge in [0.15, 0.2) is 0 Å². The average molecular weight is 290 g/mol. The highest BCUT2D eigenvalue weighted by Crippen LogP contribution is 2.03. The van der Waals surface area contributed by atoms with E-state index in [4.69, 9.17) is 4.74 Å². The zero-order valence-corrected chi connectivity index (χ0v) is 10.5. The van der Waals surface area contributed by atoms with Gasteiger partial charge in [-0.25, -0.2) is 4.39 Å². The lowest BCUT2D eigenvalue weighted by molar-refractivity contribution is 0.0908. The molecule has 0 fully saturated rings. The maximum atomic E-state index is 12.6. The molecule has 0 aliphatic rings. The molecule has 88 valence electrons. The topological polar surface area (TPSA) is 38.3 Å². The summed E-state index contributed by atoms with van der Waals surface area (Å²) < 4.78 is 17.6. The fourth-order valence-electron chi connectivity index (χ4n) is 1.20. The molecule has 0 saturated carbocycles. The number of ether oxygens (including phenoxy) is 1. The SMILES string of the molecule is COCC(CBr)NC(=O)c1ccc(F)cc1. The lowest BCUT2D eigenvalue weighted by Crippen LogP contribution is -2.39. The molecule has 1 rings (SSSR count). The summed E-state index contributed by atoms with van der Waals surface area (Å²) in [4.78, 5) is 11.7. The molecule has 0 saturated heterocycles. The number of hydrogen-bond acceptors (Lipinski definition) is 2. The van der Waals surface area contributed by atoms with E-state index in [2.05, 4.69) is 21.2 Å². The minimum absolute atomic E-state index is 0.0949. The van der Waals surface area contributed by atoms with Crippen LogP contribution in [0.2, 0.25) is 0 Å². The van der Waals surface area contributed by atoms with E-state index >= 15 is 0 Å². The third-order valence-corrected chi connectivity index (χ3v) is 2.78. The van der Waals surface area contributed by atoms with Crippen LogP contribution >= 0.6 is 15.9 Å². The van der Waals surface area contributed by atoms with E-state index in [1.54, 1.807) is 7.11 Å². The maximum absolute atomic E-state index is 12.6. The molecule has 1 aromatic carbocycles. The highest BCUT2D eigenvalue weighted by Gasteiger charge is 2.12. The first-order chi connectivity index (χ1) is 7.67. The Morgan fingerprint density at radius 3 is 2.62 bits per heavy atom. The van der Waals surface area contributed by atoms with Crippen LogP contribution in [0.25, 0.3) is 0 Å². The molecule has 0 radical (unpaired) electrons. The molecule has 0 spiro atoms. The lowest BCUT2D eigenvalue weighted by Gasteiger charge is -2.14. The lowest BCUT2D eigenvalue weighted by atomic mass is 10.2. The maximum Gasteiger partial charge on any atom is 0.251 e. The highest BCUT2D eigenvalue weighted by molar-refractivity contribution is 9.09. The Bertz CT molecular complexity index is 342. The molecule has 0 aliphatic carbocycles. The van der Waals surface area contributed by atoms with Crippen LogP contribution in [0.4, 0.5) is 4.39 Å². The minimum atomic E-state index is -0.356. The smallest absolute Gasteiger partial charge is 0.251 e.